The second-order valence-corrected chi connectivity index (χ2v) is 5.92. The van der Waals surface area contributed by atoms with Crippen LogP contribution in [0.4, 0.5) is 8.78 Å². The first kappa shape index (κ1) is 18.9. The third-order valence-electron chi connectivity index (χ3n) is 3.87. The number of alkyl halides is 2. The number of nitrogens with one attached hydrogen (secondary N) is 2. The van der Waals surface area contributed by atoms with Gasteiger partial charge in [0.05, 0.1) is 0 Å². The van der Waals surface area contributed by atoms with Gasteiger partial charge in [0.25, 0.3) is 0 Å². The van der Waals surface area contributed by atoms with Crippen LogP contribution in [0.2, 0.25) is 0 Å². The highest BCUT2D eigenvalue weighted by atomic mass is 19.3. The van der Waals surface area contributed by atoms with Crippen LogP contribution in [0.3, 0.4) is 0 Å². The highest BCUT2D eigenvalue weighted by molar-refractivity contribution is 5.79. The summed E-state index contributed by atoms with van der Waals surface area (Å²) >= 11 is 0. The summed E-state index contributed by atoms with van der Waals surface area (Å²) in [6.07, 6.45) is 2.62. The molecular weight excluding hydrogens is 324 g/mol. The van der Waals surface area contributed by atoms with Crippen LogP contribution in [0, 0.1) is 6.92 Å². The fourth-order valence-electron chi connectivity index (χ4n) is 2.48. The van der Waals surface area contributed by atoms with Gasteiger partial charge in [-0.15, -0.1) is 0 Å². The molecule has 0 aliphatic rings. The van der Waals surface area contributed by atoms with Crippen LogP contribution < -0.4 is 10.6 Å². The lowest BCUT2D eigenvalue weighted by atomic mass is 9.99. The Morgan fingerprint density at radius 1 is 1.32 bits per heavy atom. The van der Waals surface area contributed by atoms with Crippen LogP contribution in [-0.2, 0) is 6.54 Å². The zero-order valence-corrected chi connectivity index (χ0v) is 14.8. The number of hydrogen-bond acceptors (Lipinski definition) is 2. The number of aliphatic imine (C=N–C) groups is 1. The van der Waals surface area contributed by atoms with E-state index in [0.29, 0.717) is 25.0 Å². The molecule has 1 aromatic carbocycles. The molecule has 136 valence electrons. The van der Waals surface area contributed by atoms with Gasteiger partial charge in [-0.25, -0.2) is 9.98 Å². The lowest BCUT2D eigenvalue weighted by Crippen LogP contribution is -2.39. The molecule has 0 amide bonds. The highest BCUT2D eigenvalue weighted by Gasteiger charge is 2.11. The third kappa shape index (κ3) is 5.55. The molecule has 2 rings (SSSR count). The van der Waals surface area contributed by atoms with E-state index in [1.807, 2.05) is 13.0 Å². The molecule has 25 heavy (non-hydrogen) atoms. The summed E-state index contributed by atoms with van der Waals surface area (Å²) in [5, 5.41) is 6.39. The molecule has 0 aliphatic heterocycles. The van der Waals surface area contributed by atoms with Gasteiger partial charge >= 0.3 is 6.55 Å². The van der Waals surface area contributed by atoms with E-state index >= 15 is 0 Å². The molecule has 5 nitrogen and oxygen atoms in total. The Kier molecular flexibility index (Phi) is 6.91. The number of imidazole rings is 1. The van der Waals surface area contributed by atoms with Crippen molar-refractivity contribution in [1.82, 2.24) is 20.2 Å². The van der Waals surface area contributed by atoms with Crippen molar-refractivity contribution in [3.8, 4) is 0 Å². The average Bonchev–Trinajstić information content (AvgIpc) is 3.06. The lowest BCUT2D eigenvalue weighted by molar-refractivity contribution is 0.0671. The van der Waals surface area contributed by atoms with Crippen LogP contribution in [0.15, 0.2) is 41.7 Å². The molecule has 0 bridgehead atoms. The average molecular weight is 349 g/mol. The highest BCUT2D eigenvalue weighted by Crippen LogP contribution is 2.15. The fourth-order valence-corrected chi connectivity index (χ4v) is 2.48. The number of halogens is 2. The molecular formula is C18H25F2N5. The minimum absolute atomic E-state index is 0.0888. The Bertz CT molecular complexity index is 696. The van der Waals surface area contributed by atoms with E-state index in [-0.39, 0.29) is 12.4 Å². The van der Waals surface area contributed by atoms with Gasteiger partial charge in [0, 0.05) is 25.5 Å². The Morgan fingerprint density at radius 3 is 2.80 bits per heavy atom. The summed E-state index contributed by atoms with van der Waals surface area (Å²) in [7, 11) is 0. The van der Waals surface area contributed by atoms with Crippen LogP contribution >= 0.6 is 0 Å². The number of benzene rings is 1. The summed E-state index contributed by atoms with van der Waals surface area (Å²) < 4.78 is 26.5. The van der Waals surface area contributed by atoms with Crippen LogP contribution in [0.5, 0.6) is 0 Å². The normalized spacial score (nSPS) is 13.1. The van der Waals surface area contributed by atoms with Gasteiger partial charge in [-0.05, 0) is 25.3 Å². The quantitative estimate of drug-likeness (QED) is 0.595. The lowest BCUT2D eigenvalue weighted by Gasteiger charge is -2.16. The number of rotatable bonds is 7. The van der Waals surface area contributed by atoms with Gasteiger partial charge in [-0.3, -0.25) is 4.57 Å². The maximum absolute atomic E-state index is 12.9. The Balaban J connectivity index is 1.99. The molecule has 0 saturated heterocycles. The van der Waals surface area contributed by atoms with Gasteiger partial charge in [0.2, 0.25) is 0 Å². The summed E-state index contributed by atoms with van der Waals surface area (Å²) in [5.74, 6) is 1.12. The SMILES string of the molecule is CCNC(=NCc1nccn1C(F)F)NCC(C)c1cccc(C)c1. The molecule has 7 heteroatoms. The van der Waals surface area contributed by atoms with Gasteiger partial charge in [-0.1, -0.05) is 36.8 Å². The van der Waals surface area contributed by atoms with Crippen molar-refractivity contribution in [2.45, 2.75) is 39.8 Å². The van der Waals surface area contributed by atoms with E-state index in [0.717, 1.165) is 4.57 Å². The van der Waals surface area contributed by atoms with E-state index in [1.54, 1.807) is 0 Å². The molecule has 1 atom stereocenters. The predicted octanol–water partition coefficient (Wildman–Crippen LogP) is 3.45. The van der Waals surface area contributed by atoms with E-state index in [1.165, 1.54) is 23.5 Å². The summed E-state index contributed by atoms with van der Waals surface area (Å²) in [6.45, 7) is 5.03. The van der Waals surface area contributed by atoms with Crippen LogP contribution in [0.1, 0.15) is 43.3 Å². The second kappa shape index (κ2) is 9.15. The standard InChI is InChI=1S/C18H25F2N5/c1-4-21-18(24-12-16-22-8-9-25(16)17(19)20)23-11-14(3)15-7-5-6-13(2)10-15/h5-10,14,17H,4,11-12H2,1-3H3,(H2,21,23,24). The zero-order chi connectivity index (χ0) is 18.2. The van der Waals surface area contributed by atoms with Gasteiger partial charge in [0.15, 0.2) is 5.96 Å². The molecule has 2 N–H and O–H groups in total. The first-order chi connectivity index (χ1) is 12.0. The monoisotopic (exact) mass is 349 g/mol. The van der Waals surface area contributed by atoms with Crippen molar-refractivity contribution in [3.05, 3.63) is 53.6 Å². The van der Waals surface area contributed by atoms with Crippen molar-refractivity contribution < 1.29 is 8.78 Å². The van der Waals surface area contributed by atoms with Gasteiger partial charge in [0.1, 0.15) is 12.4 Å². The zero-order valence-electron chi connectivity index (χ0n) is 14.8. The largest absolute Gasteiger partial charge is 0.357 e. The molecule has 0 saturated carbocycles. The van der Waals surface area contributed by atoms with Crippen molar-refractivity contribution >= 4 is 5.96 Å². The fraction of sp³-hybridized carbons (Fsp3) is 0.444. The van der Waals surface area contributed by atoms with Crippen molar-refractivity contribution in [2.24, 2.45) is 4.99 Å². The summed E-state index contributed by atoms with van der Waals surface area (Å²) in [5.41, 5.74) is 2.47. The number of guanidine groups is 1. The van der Waals surface area contributed by atoms with Crippen molar-refractivity contribution in [1.29, 1.82) is 0 Å². The van der Waals surface area contributed by atoms with Crippen LogP contribution in [0.25, 0.3) is 0 Å². The van der Waals surface area contributed by atoms with E-state index in [2.05, 4.69) is 52.7 Å². The summed E-state index contributed by atoms with van der Waals surface area (Å²) in [4.78, 5) is 8.30. The maximum Gasteiger partial charge on any atom is 0.319 e. The first-order valence-corrected chi connectivity index (χ1v) is 8.39. The molecule has 0 fully saturated rings. The molecule has 2 aromatic rings. The Morgan fingerprint density at radius 2 is 2.12 bits per heavy atom. The topological polar surface area (TPSA) is 54.2 Å². The third-order valence-corrected chi connectivity index (χ3v) is 3.87. The number of aryl methyl sites for hydroxylation is 1. The molecule has 0 radical (unpaired) electrons. The summed E-state index contributed by atoms with van der Waals surface area (Å²) in [6, 6.07) is 8.38. The Hall–Kier alpha value is -2.44. The van der Waals surface area contributed by atoms with Crippen LogP contribution in [-0.4, -0.2) is 28.6 Å². The number of nitrogens with zero attached hydrogens (tertiary/aromatic N) is 3. The maximum atomic E-state index is 12.9. The van der Waals surface area contributed by atoms with Crippen molar-refractivity contribution in [3.63, 3.8) is 0 Å². The molecule has 1 heterocycles. The van der Waals surface area contributed by atoms with E-state index in [9.17, 15) is 8.78 Å². The minimum Gasteiger partial charge on any atom is -0.357 e. The second-order valence-electron chi connectivity index (χ2n) is 5.92. The minimum atomic E-state index is -2.61. The molecule has 1 unspecified atom stereocenters. The number of aromatic nitrogens is 2. The van der Waals surface area contributed by atoms with Gasteiger partial charge < -0.3 is 10.6 Å². The smallest absolute Gasteiger partial charge is 0.319 e. The van der Waals surface area contributed by atoms with Gasteiger partial charge in [-0.2, -0.15) is 8.78 Å². The predicted molar refractivity (Wildman–Crippen MR) is 95.9 cm³/mol. The van der Waals surface area contributed by atoms with Crippen molar-refractivity contribution in [2.75, 3.05) is 13.1 Å². The van der Waals surface area contributed by atoms with E-state index < -0.39 is 6.55 Å². The molecule has 1 aromatic heterocycles. The van der Waals surface area contributed by atoms with E-state index in [4.69, 9.17) is 0 Å². The number of hydrogen-bond donors (Lipinski definition) is 2. The molecule has 0 aliphatic carbocycles. The Labute approximate surface area is 147 Å². The molecule has 0 spiro atoms. The first-order valence-electron chi connectivity index (χ1n) is 8.39.